The molecule has 0 amide bonds. The van der Waals surface area contributed by atoms with E-state index in [1.54, 1.807) is 20.8 Å². The van der Waals surface area contributed by atoms with Gasteiger partial charge in [-0.1, -0.05) is 54.5 Å². The van der Waals surface area contributed by atoms with Crippen LogP contribution >= 0.6 is 31.9 Å². The van der Waals surface area contributed by atoms with E-state index in [4.69, 9.17) is 18.9 Å². The van der Waals surface area contributed by atoms with Crippen molar-refractivity contribution in [1.29, 1.82) is 0 Å². The average molecular weight is 642 g/mol. The number of rotatable bonds is 16. The number of carbonyl (C=O) groups is 4. The lowest BCUT2D eigenvalue weighted by atomic mass is 9.79. The van der Waals surface area contributed by atoms with E-state index in [0.717, 1.165) is 0 Å². The third-order valence-electron chi connectivity index (χ3n) is 6.15. The van der Waals surface area contributed by atoms with Gasteiger partial charge in [0.05, 0.1) is 3.39 Å². The van der Waals surface area contributed by atoms with Gasteiger partial charge in [0.25, 0.3) is 0 Å². The second-order valence-electron chi connectivity index (χ2n) is 8.86. The molecular weight excluding hydrogens is 600 g/mol. The van der Waals surface area contributed by atoms with Gasteiger partial charge < -0.3 is 18.9 Å². The molecule has 0 saturated heterocycles. The Morgan fingerprint density at radius 1 is 0.667 bits per heavy atom. The van der Waals surface area contributed by atoms with Gasteiger partial charge in [-0.3, -0.25) is 19.2 Å². The van der Waals surface area contributed by atoms with E-state index >= 15 is 0 Å². The third kappa shape index (κ3) is 12.2. The normalized spacial score (nSPS) is 16.8. The zero-order valence-electron chi connectivity index (χ0n) is 22.7. The molecule has 0 aromatic heterocycles. The lowest BCUT2D eigenvalue weighted by molar-refractivity contribution is -0.178. The van der Waals surface area contributed by atoms with Crippen LogP contribution < -0.4 is 0 Å². The van der Waals surface area contributed by atoms with Gasteiger partial charge in [-0.25, -0.2) is 0 Å². The summed E-state index contributed by atoms with van der Waals surface area (Å²) in [4.78, 5) is 48.8. The van der Waals surface area contributed by atoms with Crippen molar-refractivity contribution < 1.29 is 38.1 Å². The number of ether oxygens (including phenoxy) is 4. The van der Waals surface area contributed by atoms with Crippen molar-refractivity contribution in [2.24, 2.45) is 17.8 Å². The van der Waals surface area contributed by atoms with E-state index in [1.807, 2.05) is 33.8 Å². The van der Waals surface area contributed by atoms with Gasteiger partial charge in [-0.15, -0.1) is 0 Å². The minimum atomic E-state index is -0.749. The predicted molar refractivity (Wildman–Crippen MR) is 144 cm³/mol. The highest BCUT2D eigenvalue weighted by molar-refractivity contribution is 9.28. The van der Waals surface area contributed by atoms with E-state index < -0.39 is 54.2 Å². The summed E-state index contributed by atoms with van der Waals surface area (Å²) in [7, 11) is 0. The van der Waals surface area contributed by atoms with Crippen LogP contribution in [-0.4, -0.2) is 48.3 Å². The Hall–Kier alpha value is -1.42. The van der Waals surface area contributed by atoms with Crippen LogP contribution in [0.25, 0.3) is 0 Å². The molecule has 0 aliphatic heterocycles. The summed E-state index contributed by atoms with van der Waals surface area (Å²) in [5.41, 5.74) is 0. The van der Waals surface area contributed by atoms with Crippen molar-refractivity contribution in [2.45, 2.75) is 112 Å². The van der Waals surface area contributed by atoms with Crippen LogP contribution in [-0.2, 0) is 38.1 Å². The van der Waals surface area contributed by atoms with Crippen LogP contribution in [0.2, 0.25) is 0 Å². The number of carbonyl (C=O) groups excluding carboxylic acids is 4. The molecule has 0 spiro atoms. The average Bonchev–Trinajstić information content (AvgIpc) is 2.84. The number of hydrogen-bond acceptors (Lipinski definition) is 8. The van der Waals surface area contributed by atoms with E-state index in [2.05, 4.69) is 31.9 Å². The zero-order chi connectivity index (χ0) is 28.0. The molecule has 7 atom stereocenters. The lowest BCUT2D eigenvalue weighted by Crippen LogP contribution is -2.48. The molecule has 0 unspecified atom stereocenters. The minimum Gasteiger partial charge on any atom is -0.462 e. The van der Waals surface area contributed by atoms with Crippen LogP contribution in [0, 0.1) is 17.8 Å². The van der Waals surface area contributed by atoms with Crippen molar-refractivity contribution >= 4 is 55.7 Å². The molecule has 0 N–H and O–H groups in total. The van der Waals surface area contributed by atoms with Gasteiger partial charge in [0.2, 0.25) is 0 Å². The molecule has 0 radical (unpaired) electrons. The van der Waals surface area contributed by atoms with Gasteiger partial charge in [0.1, 0.15) is 24.4 Å². The van der Waals surface area contributed by atoms with Crippen LogP contribution in [0.5, 0.6) is 0 Å². The summed E-state index contributed by atoms with van der Waals surface area (Å²) in [5, 5.41) is 0. The second-order valence-corrected chi connectivity index (χ2v) is 11.6. The standard InChI is InChI=1S/C26H42Br2O8/c1-9-19(34-22(30)10-2)15(5)25(35-23(31)11-3)17(7)26(36-24(32)12-4)16(6)20(33-18(8)29)13-14-21(27)28/h14-17,19-20,25-26H,9-13H2,1-8H3/t15-,16+,17+,19+,20+,25-,26+/m1/s1. The first-order valence-corrected chi connectivity index (χ1v) is 14.2. The molecule has 0 aromatic carbocycles. The quantitative estimate of drug-likeness (QED) is 0.144. The number of esters is 4. The molecule has 10 heteroatoms. The predicted octanol–water partition coefficient (Wildman–Crippen LogP) is 6.22. The van der Waals surface area contributed by atoms with Gasteiger partial charge in [0, 0.05) is 50.4 Å². The topological polar surface area (TPSA) is 105 Å². The first kappa shape index (κ1) is 34.6. The summed E-state index contributed by atoms with van der Waals surface area (Å²) in [5.74, 6) is -2.95. The molecule has 0 aromatic rings. The molecule has 0 heterocycles. The molecule has 0 rings (SSSR count). The Kier molecular flexibility index (Phi) is 17.2. The summed E-state index contributed by atoms with van der Waals surface area (Å²) in [6.45, 7) is 13.9. The van der Waals surface area contributed by atoms with Gasteiger partial charge >= 0.3 is 23.9 Å². The largest absolute Gasteiger partial charge is 0.462 e. The Bertz CT molecular complexity index is 750. The maximum absolute atomic E-state index is 12.5. The molecule has 0 fully saturated rings. The molecule has 0 aliphatic rings. The molecule has 8 nitrogen and oxygen atoms in total. The fourth-order valence-corrected chi connectivity index (χ4v) is 4.44. The fourth-order valence-electron chi connectivity index (χ4n) is 4.07. The Labute approximate surface area is 232 Å². The monoisotopic (exact) mass is 640 g/mol. The van der Waals surface area contributed by atoms with Crippen molar-refractivity contribution in [3.8, 4) is 0 Å². The highest BCUT2D eigenvalue weighted by Gasteiger charge is 2.43. The summed E-state index contributed by atoms with van der Waals surface area (Å²) in [6, 6.07) is 0. The Morgan fingerprint density at radius 2 is 1.08 bits per heavy atom. The summed E-state index contributed by atoms with van der Waals surface area (Å²) >= 11 is 6.63. The first-order chi connectivity index (χ1) is 16.8. The molecular formula is C26H42Br2O8. The highest BCUT2D eigenvalue weighted by atomic mass is 79.9. The maximum Gasteiger partial charge on any atom is 0.305 e. The fraction of sp³-hybridized carbons (Fsp3) is 0.769. The highest BCUT2D eigenvalue weighted by Crippen LogP contribution is 2.33. The molecule has 0 bridgehead atoms. The van der Waals surface area contributed by atoms with Crippen LogP contribution in [0.15, 0.2) is 9.47 Å². The van der Waals surface area contributed by atoms with Gasteiger partial charge in [-0.2, -0.15) is 0 Å². The molecule has 0 aliphatic carbocycles. The van der Waals surface area contributed by atoms with Crippen molar-refractivity contribution in [1.82, 2.24) is 0 Å². The number of halogens is 2. The molecule has 0 saturated carbocycles. The van der Waals surface area contributed by atoms with E-state index in [9.17, 15) is 19.2 Å². The number of hydrogen-bond donors (Lipinski definition) is 0. The van der Waals surface area contributed by atoms with Gasteiger partial charge in [-0.05, 0) is 38.3 Å². The summed E-state index contributed by atoms with van der Waals surface area (Å²) < 4.78 is 23.7. The lowest BCUT2D eigenvalue weighted by Gasteiger charge is -2.40. The van der Waals surface area contributed by atoms with Crippen molar-refractivity contribution in [3.05, 3.63) is 9.47 Å². The Balaban J connectivity index is 6.40. The van der Waals surface area contributed by atoms with Crippen LogP contribution in [0.1, 0.15) is 87.5 Å². The second kappa shape index (κ2) is 17.9. The van der Waals surface area contributed by atoms with E-state index in [1.165, 1.54) is 6.92 Å². The first-order valence-electron chi connectivity index (χ1n) is 12.6. The SMILES string of the molecule is CCC(=O)O[C@H]([C@@H](C)[C@H](OC(=O)CC)[C@H](C)[C@H](CC)OC(=O)CC)[C@@H](C)[C@H](CC=C(Br)Br)OC(C)=O. The minimum absolute atomic E-state index is 0.154. The van der Waals surface area contributed by atoms with Crippen molar-refractivity contribution in [3.63, 3.8) is 0 Å². The van der Waals surface area contributed by atoms with Crippen LogP contribution in [0.3, 0.4) is 0 Å². The van der Waals surface area contributed by atoms with E-state index in [0.29, 0.717) is 16.2 Å². The third-order valence-corrected chi connectivity index (χ3v) is 6.80. The summed E-state index contributed by atoms with van der Waals surface area (Å²) in [6.07, 6.45) is 0.662. The molecule has 36 heavy (non-hydrogen) atoms. The zero-order valence-corrected chi connectivity index (χ0v) is 25.8. The van der Waals surface area contributed by atoms with E-state index in [-0.39, 0.29) is 31.1 Å². The van der Waals surface area contributed by atoms with Crippen molar-refractivity contribution in [2.75, 3.05) is 0 Å². The van der Waals surface area contributed by atoms with Gasteiger partial charge in [0.15, 0.2) is 0 Å². The Morgan fingerprint density at radius 3 is 1.44 bits per heavy atom. The molecule has 208 valence electrons. The maximum atomic E-state index is 12.5. The smallest absolute Gasteiger partial charge is 0.305 e. The van der Waals surface area contributed by atoms with Crippen LogP contribution in [0.4, 0.5) is 0 Å².